The van der Waals surface area contributed by atoms with E-state index in [1.807, 2.05) is 12.1 Å². The van der Waals surface area contributed by atoms with Gasteiger partial charge in [0.15, 0.2) is 0 Å². The fourth-order valence-corrected chi connectivity index (χ4v) is 4.66. The molecule has 1 fully saturated rings. The van der Waals surface area contributed by atoms with Crippen LogP contribution in [0.1, 0.15) is 46.4 Å². The van der Waals surface area contributed by atoms with Crippen molar-refractivity contribution in [3.63, 3.8) is 0 Å². The van der Waals surface area contributed by atoms with Crippen LogP contribution in [0.4, 0.5) is 11.8 Å². The third-order valence-electron chi connectivity index (χ3n) is 6.48. The van der Waals surface area contributed by atoms with Crippen molar-refractivity contribution in [3.05, 3.63) is 71.2 Å². The molecule has 0 aliphatic carbocycles. The van der Waals surface area contributed by atoms with E-state index in [1.54, 1.807) is 34.6 Å². The number of anilines is 2. The molecule has 3 N–H and O–H groups in total. The molecule has 4 heterocycles. The molecular weight excluding hydrogens is 494 g/mol. The average molecular weight is 516 g/mol. The van der Waals surface area contributed by atoms with Gasteiger partial charge in [-0.05, 0) is 49.6 Å². The molecule has 0 bridgehead atoms. The minimum atomic E-state index is -0.540. The van der Waals surface area contributed by atoms with Gasteiger partial charge in [-0.15, -0.1) is 0 Å². The van der Waals surface area contributed by atoms with Gasteiger partial charge < -0.3 is 16.0 Å². The van der Waals surface area contributed by atoms with Gasteiger partial charge in [0.2, 0.25) is 5.95 Å². The number of nitrogens with zero attached hydrogens (tertiary/aromatic N) is 7. The molecule has 1 aromatic carbocycles. The van der Waals surface area contributed by atoms with Gasteiger partial charge in [-0.2, -0.15) is 10.5 Å². The highest BCUT2D eigenvalue weighted by molar-refractivity contribution is 6.05. The van der Waals surface area contributed by atoms with Gasteiger partial charge in [0, 0.05) is 37.0 Å². The first-order chi connectivity index (χ1) is 18.9. The summed E-state index contributed by atoms with van der Waals surface area (Å²) in [5, 5.41) is 21.6. The lowest BCUT2D eigenvalue weighted by molar-refractivity contribution is -0.124. The number of nitrogen functional groups attached to an aromatic ring is 1. The number of likely N-dealkylation sites (tertiary alicyclic amines) is 1. The van der Waals surface area contributed by atoms with E-state index in [1.165, 1.54) is 24.4 Å². The number of nitrogens with one attached hydrogen (secondary N) is 1. The zero-order chi connectivity index (χ0) is 27.5. The summed E-state index contributed by atoms with van der Waals surface area (Å²) in [6.45, 7) is 2.68. The van der Waals surface area contributed by atoms with Gasteiger partial charge in [0.05, 0.1) is 40.0 Å². The molecule has 1 aliphatic rings. The maximum atomic E-state index is 12.9. The number of imidazole rings is 1. The molecule has 1 atom stereocenters. The molecule has 1 saturated heterocycles. The Kier molecular flexibility index (Phi) is 6.61. The van der Waals surface area contributed by atoms with Gasteiger partial charge in [-0.3, -0.25) is 14.0 Å². The fraction of sp³-hybridized carbons (Fsp3) is 0.179. The first-order valence-electron chi connectivity index (χ1n) is 12.0. The van der Waals surface area contributed by atoms with Crippen molar-refractivity contribution in [2.24, 2.45) is 0 Å². The lowest BCUT2D eigenvalue weighted by Crippen LogP contribution is -2.26. The number of carbonyl (C=O) groups excluding carboxylic acids is 2. The number of aromatic nitrogens is 4. The van der Waals surface area contributed by atoms with E-state index in [2.05, 4.69) is 33.2 Å². The Morgan fingerprint density at radius 3 is 2.69 bits per heavy atom. The van der Waals surface area contributed by atoms with Gasteiger partial charge in [0.25, 0.3) is 11.8 Å². The Hall–Kier alpha value is -5.73. The summed E-state index contributed by atoms with van der Waals surface area (Å²) >= 11 is 0. The molecule has 39 heavy (non-hydrogen) atoms. The number of benzene rings is 1. The van der Waals surface area contributed by atoms with E-state index in [9.17, 15) is 14.9 Å². The smallest absolute Gasteiger partial charge is 0.298 e. The third kappa shape index (κ3) is 4.71. The van der Waals surface area contributed by atoms with Crippen molar-refractivity contribution in [1.29, 1.82) is 10.5 Å². The predicted molar refractivity (Wildman–Crippen MR) is 142 cm³/mol. The van der Waals surface area contributed by atoms with Crippen LogP contribution in [0.25, 0.3) is 16.9 Å². The Morgan fingerprint density at radius 2 is 1.92 bits per heavy atom. The molecular formula is C28H21N9O2. The molecule has 2 amide bonds. The van der Waals surface area contributed by atoms with Gasteiger partial charge in [0.1, 0.15) is 11.6 Å². The number of amides is 2. The third-order valence-corrected chi connectivity index (χ3v) is 6.48. The average Bonchev–Trinajstić information content (AvgIpc) is 3.59. The molecule has 1 unspecified atom stereocenters. The summed E-state index contributed by atoms with van der Waals surface area (Å²) in [6.07, 6.45) is 3.73. The summed E-state index contributed by atoms with van der Waals surface area (Å²) in [6, 6.07) is 13.6. The van der Waals surface area contributed by atoms with Gasteiger partial charge >= 0.3 is 0 Å². The highest BCUT2D eigenvalue weighted by atomic mass is 16.2. The molecule has 0 spiro atoms. The van der Waals surface area contributed by atoms with Crippen molar-refractivity contribution < 1.29 is 9.59 Å². The monoisotopic (exact) mass is 515 g/mol. The zero-order valence-corrected chi connectivity index (χ0v) is 20.8. The van der Waals surface area contributed by atoms with Gasteiger partial charge in [-0.25, -0.2) is 15.0 Å². The van der Waals surface area contributed by atoms with E-state index >= 15 is 0 Å². The number of hydrogen-bond donors (Lipinski definition) is 2. The number of nitriles is 2. The van der Waals surface area contributed by atoms with E-state index in [0.717, 1.165) is 17.6 Å². The highest BCUT2D eigenvalue weighted by Gasteiger charge is 2.31. The summed E-state index contributed by atoms with van der Waals surface area (Å²) in [5.74, 6) is 5.32. The van der Waals surface area contributed by atoms with Crippen molar-refractivity contribution in [1.82, 2.24) is 24.3 Å². The standard InChI is InChI=1S/C28H21N9O2/c1-2-3-24(38)36-11-8-19(16-36)25-22-7-10-33-28(31)37(22)26(35-25)18-4-5-21(20(13-18)15-30)27(39)34-23-12-17(14-29)6-9-32-23/h4-7,9-10,12-13,19H,8,11,16H2,1H3,(H2,31,33)(H,32,34,39). The Balaban J connectivity index is 1.51. The maximum Gasteiger partial charge on any atom is 0.298 e. The van der Waals surface area contributed by atoms with Crippen LogP contribution < -0.4 is 11.1 Å². The van der Waals surface area contributed by atoms with E-state index in [4.69, 9.17) is 16.0 Å². The Bertz CT molecular complexity index is 1780. The first kappa shape index (κ1) is 24.9. The Labute approximate surface area is 223 Å². The fourth-order valence-electron chi connectivity index (χ4n) is 4.66. The summed E-state index contributed by atoms with van der Waals surface area (Å²) in [4.78, 5) is 40.1. The van der Waals surface area contributed by atoms with Crippen molar-refractivity contribution in [2.75, 3.05) is 24.1 Å². The highest BCUT2D eigenvalue weighted by Crippen LogP contribution is 2.34. The quantitative estimate of drug-likeness (QED) is 0.391. The number of pyridine rings is 1. The first-order valence-corrected chi connectivity index (χ1v) is 12.0. The van der Waals surface area contributed by atoms with Crippen LogP contribution in [0.15, 0.2) is 48.8 Å². The number of rotatable bonds is 4. The molecule has 3 aromatic heterocycles. The maximum absolute atomic E-state index is 12.9. The van der Waals surface area contributed by atoms with Crippen LogP contribution in [-0.4, -0.2) is 49.2 Å². The molecule has 190 valence electrons. The Morgan fingerprint density at radius 1 is 1.10 bits per heavy atom. The molecule has 11 heteroatoms. The van der Waals surface area contributed by atoms with Crippen molar-refractivity contribution >= 4 is 29.1 Å². The van der Waals surface area contributed by atoms with Crippen molar-refractivity contribution in [3.8, 4) is 35.4 Å². The van der Waals surface area contributed by atoms with Crippen LogP contribution in [0.2, 0.25) is 0 Å². The lowest BCUT2D eigenvalue weighted by atomic mass is 10.0. The van der Waals surface area contributed by atoms with Crippen molar-refractivity contribution in [2.45, 2.75) is 19.3 Å². The van der Waals surface area contributed by atoms with Crippen LogP contribution in [0, 0.1) is 34.5 Å². The van der Waals surface area contributed by atoms with E-state index in [-0.39, 0.29) is 34.7 Å². The second-order valence-electron chi connectivity index (χ2n) is 8.82. The number of fused-ring (bicyclic) bond motifs is 1. The molecule has 1 aliphatic heterocycles. The number of carbonyl (C=O) groups is 2. The summed E-state index contributed by atoms with van der Waals surface area (Å²) < 4.78 is 1.71. The SMILES string of the molecule is CC#CC(=O)N1CCC(c2nc(-c3ccc(C(=O)Nc4cc(C#N)ccn4)c(C#N)c3)n3c(N)nccc23)C1. The minimum absolute atomic E-state index is 0.0321. The van der Waals surface area contributed by atoms with E-state index in [0.29, 0.717) is 30.0 Å². The van der Waals surface area contributed by atoms with Crippen LogP contribution in [0.5, 0.6) is 0 Å². The summed E-state index contributed by atoms with van der Waals surface area (Å²) in [5.41, 5.74) is 8.94. The lowest BCUT2D eigenvalue weighted by Gasteiger charge is -2.12. The van der Waals surface area contributed by atoms with Crippen LogP contribution in [-0.2, 0) is 4.79 Å². The minimum Gasteiger partial charge on any atom is -0.369 e. The second-order valence-corrected chi connectivity index (χ2v) is 8.82. The predicted octanol–water partition coefficient (Wildman–Crippen LogP) is 2.71. The summed E-state index contributed by atoms with van der Waals surface area (Å²) in [7, 11) is 0. The largest absolute Gasteiger partial charge is 0.369 e. The van der Waals surface area contributed by atoms with Crippen LogP contribution in [0.3, 0.4) is 0 Å². The molecule has 0 saturated carbocycles. The number of nitrogens with two attached hydrogens (primary N) is 1. The van der Waals surface area contributed by atoms with Crippen LogP contribution >= 0.6 is 0 Å². The van der Waals surface area contributed by atoms with Gasteiger partial charge in [-0.1, -0.05) is 12.0 Å². The zero-order valence-electron chi connectivity index (χ0n) is 20.8. The normalized spacial score (nSPS) is 14.2. The topological polar surface area (TPSA) is 166 Å². The molecule has 0 radical (unpaired) electrons. The second kappa shape index (κ2) is 10.3. The molecule has 11 nitrogen and oxygen atoms in total. The molecule has 4 aromatic rings. The number of hydrogen-bond acceptors (Lipinski definition) is 8. The molecule has 5 rings (SSSR count). The van der Waals surface area contributed by atoms with E-state index < -0.39 is 5.91 Å².